The van der Waals surface area contributed by atoms with Gasteiger partial charge in [0.15, 0.2) is 0 Å². The third kappa shape index (κ3) is 2.41. The molecule has 0 saturated carbocycles. The van der Waals surface area contributed by atoms with Crippen molar-refractivity contribution in [2.24, 2.45) is 0 Å². The second-order valence-electron chi connectivity index (χ2n) is 4.46. The molecule has 1 aliphatic rings. The first-order chi connectivity index (χ1) is 8.50. The summed E-state index contributed by atoms with van der Waals surface area (Å²) in [6, 6.07) is 4.79. The molecule has 1 atom stereocenters. The fourth-order valence-electron chi connectivity index (χ4n) is 2.21. The van der Waals surface area contributed by atoms with Crippen molar-refractivity contribution in [1.29, 1.82) is 0 Å². The Hall–Kier alpha value is -1.36. The number of amides is 1. The molecule has 0 bridgehead atoms. The molecule has 1 aromatic carbocycles. The van der Waals surface area contributed by atoms with Gasteiger partial charge in [-0.05, 0) is 53.4 Å². The summed E-state index contributed by atoms with van der Waals surface area (Å²) in [6.45, 7) is 1.95. The molecule has 1 heterocycles. The molecular formula is C13H14BrNO3. The minimum absolute atomic E-state index is 0.127. The standard InChI is InChI=1S/C13H14BrNO3/c1-8-5-6-10(9(14)7-8)15-11(13(17)18)3-2-4-12(15)16/h5-7,11H,2-4H2,1H3,(H,17,18). The fraction of sp³-hybridized carbons (Fsp3) is 0.385. The topological polar surface area (TPSA) is 57.6 Å². The van der Waals surface area contributed by atoms with Gasteiger partial charge in [-0.3, -0.25) is 9.69 Å². The number of aliphatic carboxylic acids is 1. The Labute approximate surface area is 114 Å². The van der Waals surface area contributed by atoms with E-state index in [1.54, 1.807) is 6.07 Å². The zero-order valence-electron chi connectivity index (χ0n) is 10.0. The van der Waals surface area contributed by atoms with Crippen LogP contribution in [0.2, 0.25) is 0 Å². The number of carbonyl (C=O) groups is 2. The van der Waals surface area contributed by atoms with Crippen LogP contribution < -0.4 is 4.90 Å². The van der Waals surface area contributed by atoms with Crippen LogP contribution in [0.5, 0.6) is 0 Å². The van der Waals surface area contributed by atoms with E-state index in [9.17, 15) is 14.7 Å². The summed E-state index contributed by atoms with van der Waals surface area (Å²) < 4.78 is 0.754. The van der Waals surface area contributed by atoms with Gasteiger partial charge in [0.1, 0.15) is 6.04 Å². The molecule has 1 fully saturated rings. The summed E-state index contributed by atoms with van der Waals surface area (Å²) in [4.78, 5) is 24.6. The van der Waals surface area contributed by atoms with Gasteiger partial charge in [0.05, 0.1) is 5.69 Å². The van der Waals surface area contributed by atoms with Crippen molar-refractivity contribution in [3.05, 3.63) is 28.2 Å². The number of carboxylic acids is 1. The molecule has 1 amide bonds. The molecule has 1 unspecified atom stereocenters. The molecule has 5 heteroatoms. The third-order valence-electron chi connectivity index (χ3n) is 3.10. The van der Waals surface area contributed by atoms with Gasteiger partial charge in [0.2, 0.25) is 5.91 Å². The molecule has 1 aliphatic heterocycles. The van der Waals surface area contributed by atoms with E-state index in [-0.39, 0.29) is 5.91 Å². The summed E-state index contributed by atoms with van der Waals surface area (Å²) in [5.74, 6) is -1.08. The lowest BCUT2D eigenvalue weighted by Crippen LogP contribution is -2.48. The van der Waals surface area contributed by atoms with Crippen molar-refractivity contribution in [1.82, 2.24) is 0 Å². The molecule has 4 nitrogen and oxygen atoms in total. The first kappa shape index (κ1) is 13.1. The van der Waals surface area contributed by atoms with Crippen LogP contribution >= 0.6 is 15.9 Å². The molecule has 0 aliphatic carbocycles. The van der Waals surface area contributed by atoms with Crippen LogP contribution in [-0.2, 0) is 9.59 Å². The van der Waals surface area contributed by atoms with Gasteiger partial charge in [0, 0.05) is 10.9 Å². The van der Waals surface area contributed by atoms with Crippen molar-refractivity contribution in [2.45, 2.75) is 32.2 Å². The Morgan fingerprint density at radius 2 is 2.22 bits per heavy atom. The number of rotatable bonds is 2. The Balaban J connectivity index is 2.43. The number of hydrogen-bond acceptors (Lipinski definition) is 2. The second kappa shape index (κ2) is 5.10. The van der Waals surface area contributed by atoms with Crippen LogP contribution in [0, 0.1) is 6.92 Å². The number of nitrogens with zero attached hydrogens (tertiary/aromatic N) is 1. The molecule has 2 rings (SSSR count). The van der Waals surface area contributed by atoms with E-state index < -0.39 is 12.0 Å². The maximum absolute atomic E-state index is 12.0. The van der Waals surface area contributed by atoms with E-state index in [1.165, 1.54) is 4.90 Å². The smallest absolute Gasteiger partial charge is 0.326 e. The Kier molecular flexibility index (Phi) is 3.71. The Morgan fingerprint density at radius 3 is 2.83 bits per heavy atom. The van der Waals surface area contributed by atoms with Crippen LogP contribution in [0.4, 0.5) is 5.69 Å². The second-order valence-corrected chi connectivity index (χ2v) is 5.32. The maximum Gasteiger partial charge on any atom is 0.326 e. The average molecular weight is 312 g/mol. The summed E-state index contributed by atoms with van der Waals surface area (Å²) in [5, 5.41) is 9.22. The lowest BCUT2D eigenvalue weighted by atomic mass is 10.0. The molecule has 18 heavy (non-hydrogen) atoms. The molecule has 1 aromatic rings. The molecular weight excluding hydrogens is 298 g/mol. The summed E-state index contributed by atoms with van der Waals surface area (Å²) in [6.07, 6.45) is 1.54. The number of halogens is 1. The predicted octanol–water partition coefficient (Wildman–Crippen LogP) is 2.73. The lowest BCUT2D eigenvalue weighted by Gasteiger charge is -2.33. The number of aryl methyl sites for hydroxylation is 1. The lowest BCUT2D eigenvalue weighted by molar-refractivity contribution is -0.141. The largest absolute Gasteiger partial charge is 0.480 e. The first-order valence-electron chi connectivity index (χ1n) is 5.81. The zero-order chi connectivity index (χ0) is 13.3. The molecule has 1 N–H and O–H groups in total. The van der Waals surface area contributed by atoms with Crippen LogP contribution in [0.1, 0.15) is 24.8 Å². The highest BCUT2D eigenvalue weighted by atomic mass is 79.9. The van der Waals surface area contributed by atoms with Gasteiger partial charge in [-0.2, -0.15) is 0 Å². The number of carboxylic acid groups (broad SMARTS) is 1. The Bertz CT molecular complexity index is 501. The normalized spacial score (nSPS) is 20.0. The maximum atomic E-state index is 12.0. The predicted molar refractivity (Wildman–Crippen MR) is 71.6 cm³/mol. The van der Waals surface area contributed by atoms with E-state index >= 15 is 0 Å². The van der Waals surface area contributed by atoms with Crippen molar-refractivity contribution >= 4 is 33.5 Å². The van der Waals surface area contributed by atoms with Crippen molar-refractivity contribution < 1.29 is 14.7 Å². The van der Waals surface area contributed by atoms with Crippen LogP contribution in [0.15, 0.2) is 22.7 Å². The average Bonchev–Trinajstić information content (AvgIpc) is 2.29. The van der Waals surface area contributed by atoms with Crippen LogP contribution in [-0.4, -0.2) is 23.0 Å². The fourth-order valence-corrected chi connectivity index (χ4v) is 2.90. The van der Waals surface area contributed by atoms with Gasteiger partial charge in [-0.25, -0.2) is 4.79 Å². The molecule has 1 saturated heterocycles. The van der Waals surface area contributed by atoms with Gasteiger partial charge in [0.25, 0.3) is 0 Å². The van der Waals surface area contributed by atoms with Crippen molar-refractivity contribution in [3.63, 3.8) is 0 Å². The molecule has 0 spiro atoms. The van der Waals surface area contributed by atoms with Gasteiger partial charge in [-0.15, -0.1) is 0 Å². The van der Waals surface area contributed by atoms with E-state index in [2.05, 4.69) is 15.9 Å². The van der Waals surface area contributed by atoms with E-state index in [1.807, 2.05) is 19.1 Å². The quantitative estimate of drug-likeness (QED) is 0.913. The van der Waals surface area contributed by atoms with Crippen molar-refractivity contribution in [2.75, 3.05) is 4.90 Å². The van der Waals surface area contributed by atoms with Crippen molar-refractivity contribution in [3.8, 4) is 0 Å². The summed E-state index contributed by atoms with van der Waals surface area (Å²) in [5.41, 5.74) is 1.69. The summed E-state index contributed by atoms with van der Waals surface area (Å²) in [7, 11) is 0. The van der Waals surface area contributed by atoms with E-state index in [0.717, 1.165) is 10.0 Å². The molecule has 96 valence electrons. The third-order valence-corrected chi connectivity index (χ3v) is 3.73. The van der Waals surface area contributed by atoms with Gasteiger partial charge in [-0.1, -0.05) is 6.07 Å². The van der Waals surface area contributed by atoms with E-state index in [4.69, 9.17) is 0 Å². The highest BCUT2D eigenvalue weighted by Crippen LogP contribution is 2.32. The van der Waals surface area contributed by atoms with Gasteiger partial charge < -0.3 is 5.11 Å². The van der Waals surface area contributed by atoms with Crippen LogP contribution in [0.25, 0.3) is 0 Å². The van der Waals surface area contributed by atoms with Gasteiger partial charge >= 0.3 is 5.97 Å². The minimum Gasteiger partial charge on any atom is -0.480 e. The number of carbonyl (C=O) groups excluding carboxylic acids is 1. The SMILES string of the molecule is Cc1ccc(N2C(=O)CCCC2C(=O)O)c(Br)c1. The molecule has 0 radical (unpaired) electrons. The minimum atomic E-state index is -0.949. The molecule has 0 aromatic heterocycles. The number of hydrogen-bond donors (Lipinski definition) is 1. The zero-order valence-corrected chi connectivity index (χ0v) is 11.6. The number of benzene rings is 1. The van der Waals surface area contributed by atoms with Crippen LogP contribution in [0.3, 0.4) is 0 Å². The monoisotopic (exact) mass is 311 g/mol. The number of piperidine rings is 1. The highest BCUT2D eigenvalue weighted by molar-refractivity contribution is 9.10. The summed E-state index contributed by atoms with van der Waals surface area (Å²) >= 11 is 3.40. The highest BCUT2D eigenvalue weighted by Gasteiger charge is 2.35. The number of anilines is 1. The Morgan fingerprint density at radius 1 is 1.50 bits per heavy atom. The van der Waals surface area contributed by atoms with E-state index in [0.29, 0.717) is 24.9 Å². The first-order valence-corrected chi connectivity index (χ1v) is 6.61.